The number of fused-ring (bicyclic) bond motifs is 1. The zero-order valence-corrected chi connectivity index (χ0v) is 22.8. The maximum atomic E-state index is 13.3. The van der Waals surface area contributed by atoms with Gasteiger partial charge in [-0.1, -0.05) is 59.6 Å². The lowest BCUT2D eigenvalue weighted by molar-refractivity contribution is -0.139. The molecular weight excluding hydrogens is 549 g/mol. The average Bonchev–Trinajstić information content (AvgIpc) is 2.94. The molecule has 5 rings (SSSR count). The number of hydrogen-bond acceptors (Lipinski definition) is 4. The molecule has 202 valence electrons. The predicted molar refractivity (Wildman–Crippen MR) is 154 cm³/mol. The number of carbonyl (C=O) groups is 3. The molecule has 0 saturated heterocycles. The van der Waals surface area contributed by atoms with Gasteiger partial charge >= 0.3 is 5.97 Å². The molecule has 0 fully saturated rings. The number of aromatic nitrogens is 1. The molecule has 2 heterocycles. The summed E-state index contributed by atoms with van der Waals surface area (Å²) in [5, 5.41) is 12.5. The van der Waals surface area contributed by atoms with Crippen molar-refractivity contribution in [2.75, 3.05) is 11.4 Å². The van der Waals surface area contributed by atoms with E-state index in [2.05, 4.69) is 16.4 Å². The van der Waals surface area contributed by atoms with Gasteiger partial charge in [-0.15, -0.1) is 0 Å². The number of hydrogen-bond donors (Lipinski definition) is 2. The van der Waals surface area contributed by atoms with Crippen molar-refractivity contribution in [2.24, 2.45) is 0 Å². The minimum Gasteiger partial charge on any atom is -0.480 e. The Balaban J connectivity index is 1.26. The number of amides is 2. The van der Waals surface area contributed by atoms with Gasteiger partial charge in [-0.2, -0.15) is 0 Å². The Morgan fingerprint density at radius 3 is 2.35 bits per heavy atom. The minimum absolute atomic E-state index is 0.0279. The molecule has 0 aliphatic carbocycles. The number of benzene rings is 3. The predicted octanol–water partition coefficient (Wildman–Crippen LogP) is 5.61. The molecule has 1 aromatic heterocycles. The third-order valence-electron chi connectivity index (χ3n) is 6.84. The molecule has 4 aromatic rings. The van der Waals surface area contributed by atoms with Crippen LogP contribution >= 0.6 is 23.2 Å². The van der Waals surface area contributed by atoms with E-state index in [1.807, 2.05) is 30.3 Å². The SMILES string of the molecule is O=C(N[C@@H](Cc1ccc(N2CCc3cc(Cc4ccccn4)ccc3C2=O)cc1)C(=O)O)c1c(Cl)cccc1Cl. The van der Waals surface area contributed by atoms with Gasteiger partial charge in [0.1, 0.15) is 6.04 Å². The lowest BCUT2D eigenvalue weighted by Gasteiger charge is -2.29. The van der Waals surface area contributed by atoms with Gasteiger partial charge in [0.05, 0.1) is 15.6 Å². The van der Waals surface area contributed by atoms with Crippen molar-refractivity contribution in [2.45, 2.75) is 25.3 Å². The van der Waals surface area contributed by atoms with Crippen LogP contribution in [0.5, 0.6) is 0 Å². The number of carboxylic acid groups (broad SMARTS) is 1. The molecule has 2 N–H and O–H groups in total. The van der Waals surface area contributed by atoms with Crippen LogP contribution < -0.4 is 10.2 Å². The molecule has 9 heteroatoms. The maximum Gasteiger partial charge on any atom is 0.326 e. The first-order chi connectivity index (χ1) is 19.3. The summed E-state index contributed by atoms with van der Waals surface area (Å²) >= 11 is 12.2. The van der Waals surface area contributed by atoms with E-state index in [9.17, 15) is 19.5 Å². The summed E-state index contributed by atoms with van der Waals surface area (Å²) in [6, 6.07) is 22.3. The number of nitrogens with one attached hydrogen (secondary N) is 1. The van der Waals surface area contributed by atoms with Crippen LogP contribution in [-0.2, 0) is 24.1 Å². The summed E-state index contributed by atoms with van der Waals surface area (Å²) in [7, 11) is 0. The second kappa shape index (κ2) is 11.9. The molecule has 3 aromatic carbocycles. The summed E-state index contributed by atoms with van der Waals surface area (Å²) in [4.78, 5) is 44.0. The number of aliphatic carboxylic acids is 1. The first-order valence-electron chi connectivity index (χ1n) is 12.7. The van der Waals surface area contributed by atoms with Crippen LogP contribution in [0.3, 0.4) is 0 Å². The van der Waals surface area contributed by atoms with Crippen LogP contribution in [0.2, 0.25) is 10.0 Å². The summed E-state index contributed by atoms with van der Waals surface area (Å²) in [5.41, 5.74) is 5.21. The van der Waals surface area contributed by atoms with Crippen LogP contribution in [0, 0.1) is 0 Å². The molecule has 0 saturated carbocycles. The Morgan fingerprint density at radius 2 is 1.68 bits per heavy atom. The highest BCUT2D eigenvalue weighted by Crippen LogP contribution is 2.27. The highest BCUT2D eigenvalue weighted by Gasteiger charge is 2.27. The second-order valence-corrected chi connectivity index (χ2v) is 10.3. The van der Waals surface area contributed by atoms with Crippen molar-refractivity contribution >= 4 is 46.7 Å². The van der Waals surface area contributed by atoms with Crippen LogP contribution in [0.4, 0.5) is 5.69 Å². The van der Waals surface area contributed by atoms with E-state index < -0.39 is 17.9 Å². The quantitative estimate of drug-likeness (QED) is 0.285. The van der Waals surface area contributed by atoms with Crippen molar-refractivity contribution in [1.82, 2.24) is 10.3 Å². The number of nitrogens with zero attached hydrogens (tertiary/aromatic N) is 2. The average molecular weight is 574 g/mol. The number of anilines is 1. The summed E-state index contributed by atoms with van der Waals surface area (Å²) in [6.07, 6.45) is 3.24. The third kappa shape index (κ3) is 6.01. The molecular formula is C31H25Cl2N3O4. The van der Waals surface area contributed by atoms with Gasteiger partial charge < -0.3 is 15.3 Å². The van der Waals surface area contributed by atoms with Gasteiger partial charge in [-0.05, 0) is 65.6 Å². The van der Waals surface area contributed by atoms with Crippen molar-refractivity contribution in [1.29, 1.82) is 0 Å². The summed E-state index contributed by atoms with van der Waals surface area (Å²) in [6.45, 7) is 0.532. The number of pyridine rings is 1. The molecule has 2 amide bonds. The highest BCUT2D eigenvalue weighted by molar-refractivity contribution is 6.39. The van der Waals surface area contributed by atoms with E-state index in [0.717, 1.165) is 28.9 Å². The van der Waals surface area contributed by atoms with E-state index in [0.29, 0.717) is 24.1 Å². The number of halogens is 2. The first-order valence-corrected chi connectivity index (χ1v) is 13.5. The van der Waals surface area contributed by atoms with Gasteiger partial charge in [0.2, 0.25) is 0 Å². The molecule has 7 nitrogen and oxygen atoms in total. The summed E-state index contributed by atoms with van der Waals surface area (Å²) in [5.74, 6) is -1.93. The first kappa shape index (κ1) is 27.4. The van der Waals surface area contributed by atoms with E-state index in [1.165, 1.54) is 12.1 Å². The van der Waals surface area contributed by atoms with Gasteiger partial charge in [0.25, 0.3) is 11.8 Å². The van der Waals surface area contributed by atoms with Crippen LogP contribution in [0.1, 0.15) is 43.1 Å². The fraction of sp³-hybridized carbons (Fsp3) is 0.161. The minimum atomic E-state index is -1.20. The maximum absolute atomic E-state index is 13.3. The highest BCUT2D eigenvalue weighted by atomic mass is 35.5. The van der Waals surface area contributed by atoms with Gasteiger partial charge in [0, 0.05) is 42.5 Å². The zero-order valence-electron chi connectivity index (χ0n) is 21.3. The van der Waals surface area contributed by atoms with Gasteiger partial charge in [-0.25, -0.2) is 4.79 Å². The van der Waals surface area contributed by atoms with Gasteiger partial charge in [-0.3, -0.25) is 14.6 Å². The lowest BCUT2D eigenvalue weighted by atomic mass is 9.94. The number of carbonyl (C=O) groups excluding carboxylic acids is 2. The molecule has 0 spiro atoms. The number of carboxylic acids is 1. The molecule has 0 bridgehead atoms. The normalized spacial score (nSPS) is 13.4. The lowest BCUT2D eigenvalue weighted by Crippen LogP contribution is -2.42. The Kier molecular flexibility index (Phi) is 8.14. The van der Waals surface area contributed by atoms with Crippen LogP contribution in [-0.4, -0.2) is 40.5 Å². The van der Waals surface area contributed by atoms with Crippen LogP contribution in [0.15, 0.2) is 85.1 Å². The zero-order chi connectivity index (χ0) is 28.2. The Morgan fingerprint density at radius 1 is 0.950 bits per heavy atom. The summed E-state index contributed by atoms with van der Waals surface area (Å²) < 4.78 is 0. The molecule has 1 aliphatic heterocycles. The molecule has 0 radical (unpaired) electrons. The largest absolute Gasteiger partial charge is 0.480 e. The number of rotatable bonds is 8. The van der Waals surface area contributed by atoms with Crippen LogP contribution in [0.25, 0.3) is 0 Å². The topological polar surface area (TPSA) is 99.6 Å². The van der Waals surface area contributed by atoms with Crippen molar-refractivity contribution in [3.05, 3.63) is 129 Å². The van der Waals surface area contributed by atoms with E-state index in [1.54, 1.807) is 41.4 Å². The van der Waals surface area contributed by atoms with E-state index in [-0.39, 0.29) is 27.9 Å². The van der Waals surface area contributed by atoms with Gasteiger partial charge in [0.15, 0.2) is 0 Å². The molecule has 1 atom stereocenters. The Labute approximate surface area is 241 Å². The fourth-order valence-electron chi connectivity index (χ4n) is 4.80. The monoisotopic (exact) mass is 573 g/mol. The molecule has 0 unspecified atom stereocenters. The smallest absolute Gasteiger partial charge is 0.326 e. The van der Waals surface area contributed by atoms with E-state index >= 15 is 0 Å². The van der Waals surface area contributed by atoms with E-state index in [4.69, 9.17) is 23.2 Å². The molecule has 40 heavy (non-hydrogen) atoms. The Bertz CT molecular complexity index is 1560. The third-order valence-corrected chi connectivity index (χ3v) is 7.47. The fourth-order valence-corrected chi connectivity index (χ4v) is 5.37. The van der Waals surface area contributed by atoms with Crippen molar-refractivity contribution in [3.8, 4) is 0 Å². The Hall–Kier alpha value is -4.20. The second-order valence-electron chi connectivity index (χ2n) is 9.53. The van der Waals surface area contributed by atoms with Crippen molar-refractivity contribution < 1.29 is 19.5 Å². The van der Waals surface area contributed by atoms with Crippen molar-refractivity contribution in [3.63, 3.8) is 0 Å². The standard InChI is InChI=1S/C31H25Cl2N3O4/c32-25-5-3-6-26(33)28(25)29(37)35-27(31(39)40)18-19-7-10-23(11-8-19)36-15-13-21-16-20(9-12-24(21)30(36)38)17-22-4-1-2-14-34-22/h1-12,14,16,27H,13,15,17-18H2,(H,35,37)(H,39,40)/t27-/m0/s1. The molecule has 1 aliphatic rings.